The molecule has 131 heavy (non-hydrogen) atoms. The standard InChI is InChI=1S/C20H21FN6OS.C20H24N6OS.C17H17N5O2S.C16H12F3N5OS.C16H15N5OS/c21-14-3-4-15-13(11-14)5-9-27(15)17-16-19(24-12-23-17)29-20(25-16)18(28)22-6-10-26-7-1-2-8-26;1-20(2)11-26(14-8-5-4-7-13(14)20)16-15-18(24-12-23-16)28-19(25-15)17(27)22-10-6-9-21-3;1-18-15(24)17-21-13-14(19-9-20-16(13)25-17)22-8-10(6-7-23)11-4-2-3-5-12(11)22;1-20-13(25)15-23-11-12(21-7-22-14(11)26-15)24-5-4-8-6-9(16(17,18)19)2-3-10(8)24;1-9-7-21(11-6-4-3-5-10(9)11)13-12-15(19-8-18-13)23-16(20-12)14(22)17-2/h3-4,11-12H,1-2,5-10H2,(H,22,28);4-5,7-8,12,21H,6,9-11H2,1-3H3,(H,22,27);2-5,9-10,23H,6-8H2,1H3,(H,18,24);2-3,6-7H,4-5H2,1H3,(H,20,25);3-6,8-9H,7H2,1-2H3,(H,17,22). The van der Waals surface area contributed by atoms with Gasteiger partial charge in [-0.05, 0) is 148 Å². The Morgan fingerprint density at radius 2 is 0.870 bits per heavy atom. The van der Waals surface area contributed by atoms with Crippen LogP contribution in [-0.4, -0.2) is 221 Å². The molecule has 6 aliphatic heterocycles. The second-order valence-corrected chi connectivity index (χ2v) is 36.8. The first-order chi connectivity index (χ1) is 63.5. The molecule has 42 heteroatoms. The van der Waals surface area contributed by atoms with Crippen LogP contribution >= 0.6 is 56.7 Å². The van der Waals surface area contributed by atoms with Crippen LogP contribution in [0.15, 0.2) is 141 Å². The smallest absolute Gasteiger partial charge is 0.396 e. The van der Waals surface area contributed by atoms with Gasteiger partial charge < -0.3 is 66.4 Å². The molecule has 6 aliphatic rings. The highest BCUT2D eigenvalue weighted by Crippen LogP contribution is 2.49. The van der Waals surface area contributed by atoms with Gasteiger partial charge >= 0.3 is 6.18 Å². The van der Waals surface area contributed by atoms with Gasteiger partial charge in [0.05, 0.1) is 5.56 Å². The number of halogens is 4. The topological polar surface area (TPSA) is 391 Å². The van der Waals surface area contributed by atoms with Crippen molar-refractivity contribution in [3.05, 3.63) is 205 Å². The lowest BCUT2D eigenvalue weighted by Crippen LogP contribution is -2.33. The zero-order chi connectivity index (χ0) is 91.4. The molecular formula is C89H89F4N27O6S5. The van der Waals surface area contributed by atoms with E-state index in [4.69, 9.17) is 0 Å². The number of alkyl halides is 3. The fourth-order valence-corrected chi connectivity index (χ4v) is 21.0. The van der Waals surface area contributed by atoms with Crippen LogP contribution in [-0.2, 0) is 24.4 Å². The summed E-state index contributed by atoms with van der Waals surface area (Å²) in [5.74, 6) is 2.70. The van der Waals surface area contributed by atoms with Gasteiger partial charge in [0.15, 0.2) is 54.1 Å². The number of benzene rings is 5. The van der Waals surface area contributed by atoms with Gasteiger partial charge in [0.1, 0.15) is 89.2 Å². The van der Waals surface area contributed by atoms with Gasteiger partial charge in [0.25, 0.3) is 29.5 Å². The number of carbonyl (C=O) groups excluding carboxylic acids is 5. The van der Waals surface area contributed by atoms with Crippen LogP contribution < -0.4 is 56.4 Å². The van der Waals surface area contributed by atoms with Gasteiger partial charge in [-0.25, -0.2) is 79.2 Å². The van der Waals surface area contributed by atoms with E-state index in [9.17, 15) is 46.6 Å². The quantitative estimate of drug-likeness (QED) is 0.0292. The molecule has 1 fully saturated rings. The predicted octanol–water partition coefficient (Wildman–Crippen LogP) is 13.5. The molecule has 0 spiro atoms. The zero-order valence-electron chi connectivity index (χ0n) is 72.1. The van der Waals surface area contributed by atoms with E-state index < -0.39 is 11.7 Å². The number of likely N-dealkylation sites (tertiary alicyclic amines) is 1. The molecule has 10 aromatic heterocycles. The Hall–Kier alpha value is -13.1. The summed E-state index contributed by atoms with van der Waals surface area (Å²) < 4.78 is 52.3. The number of aliphatic hydroxyl groups is 1. The Kier molecular flexibility index (Phi) is 26.7. The van der Waals surface area contributed by atoms with E-state index in [-0.39, 0.29) is 58.3 Å². The average Bonchev–Trinajstić information content (AvgIpc) is 1.57. The fourth-order valence-electron chi connectivity index (χ4n) is 16.8. The maximum atomic E-state index is 13.5. The van der Waals surface area contributed by atoms with Crippen molar-refractivity contribution >= 4 is 195 Å². The molecule has 5 amide bonds. The molecule has 2 unspecified atom stereocenters. The second-order valence-electron chi connectivity index (χ2n) is 32.0. The number of fused-ring (bicyclic) bond motifs is 10. The lowest BCUT2D eigenvalue weighted by molar-refractivity contribution is -0.137. The second kappa shape index (κ2) is 38.9. The van der Waals surface area contributed by atoms with Crippen LogP contribution in [0.3, 0.4) is 0 Å². The summed E-state index contributed by atoms with van der Waals surface area (Å²) in [4.78, 5) is 142. The van der Waals surface area contributed by atoms with Crippen LogP contribution in [0, 0.1) is 5.82 Å². The van der Waals surface area contributed by atoms with Crippen LogP contribution in [0.25, 0.3) is 51.7 Å². The zero-order valence-corrected chi connectivity index (χ0v) is 76.2. The van der Waals surface area contributed by atoms with Crippen LogP contribution in [0.1, 0.15) is 141 Å². The number of hydrogen-bond acceptors (Lipinski definition) is 33. The van der Waals surface area contributed by atoms with Crippen molar-refractivity contribution in [2.24, 2.45) is 0 Å². The molecule has 0 saturated carbocycles. The number of rotatable bonds is 19. The fraction of sp³-hybridized carbons (Fsp3) is 0.326. The minimum atomic E-state index is -4.37. The van der Waals surface area contributed by atoms with E-state index in [1.165, 1.54) is 125 Å². The Morgan fingerprint density at radius 1 is 0.458 bits per heavy atom. The van der Waals surface area contributed by atoms with Crippen LogP contribution in [0.5, 0.6) is 0 Å². The maximum Gasteiger partial charge on any atom is 0.416 e. The average molecular weight is 1870 g/mol. The van der Waals surface area contributed by atoms with Crippen LogP contribution in [0.2, 0.25) is 0 Å². The molecule has 0 aliphatic carbocycles. The highest BCUT2D eigenvalue weighted by molar-refractivity contribution is 7.21. The minimum Gasteiger partial charge on any atom is -0.396 e. The summed E-state index contributed by atoms with van der Waals surface area (Å²) in [5.41, 5.74) is 12.7. The number of carbonyl (C=O) groups is 5. The third kappa shape index (κ3) is 18.7. The van der Waals surface area contributed by atoms with Crippen molar-refractivity contribution in [1.29, 1.82) is 0 Å². The molecular weight excluding hydrogens is 1780 g/mol. The third-order valence-electron chi connectivity index (χ3n) is 23.1. The molecule has 16 heterocycles. The van der Waals surface area contributed by atoms with E-state index in [0.29, 0.717) is 136 Å². The van der Waals surface area contributed by atoms with Crippen molar-refractivity contribution < 1.29 is 46.6 Å². The molecule has 1 saturated heterocycles. The summed E-state index contributed by atoms with van der Waals surface area (Å²) in [5, 5.41) is 27.9. The summed E-state index contributed by atoms with van der Waals surface area (Å²) in [6.07, 6.45) is 8.34. The van der Waals surface area contributed by atoms with Gasteiger partial charge in [-0.1, -0.05) is 132 Å². The summed E-state index contributed by atoms with van der Waals surface area (Å²) >= 11 is 6.26. The van der Waals surface area contributed by atoms with Crippen molar-refractivity contribution in [2.45, 2.75) is 82.7 Å². The van der Waals surface area contributed by atoms with Crippen molar-refractivity contribution in [2.75, 3.05) is 131 Å². The molecule has 33 nitrogen and oxygen atoms in total. The van der Waals surface area contributed by atoms with E-state index in [1.54, 1.807) is 32.6 Å². The molecule has 15 aromatic rings. The summed E-state index contributed by atoms with van der Waals surface area (Å²) in [6.45, 7) is 15.5. The number of nitrogens with one attached hydrogen (secondary N) is 6. The molecule has 2 atom stereocenters. The monoisotopic (exact) mass is 1870 g/mol. The lowest BCUT2D eigenvalue weighted by Gasteiger charge is -2.21. The van der Waals surface area contributed by atoms with Crippen molar-refractivity contribution in [3.63, 3.8) is 0 Å². The molecule has 0 radical (unpaired) electrons. The number of aliphatic hydroxyl groups excluding tert-OH is 1. The molecule has 5 aromatic carbocycles. The number of aromatic nitrogens is 15. The number of para-hydroxylation sites is 3. The molecule has 0 bridgehead atoms. The highest BCUT2D eigenvalue weighted by Gasteiger charge is 2.40. The van der Waals surface area contributed by atoms with Gasteiger partial charge in [0, 0.05) is 126 Å². The minimum absolute atomic E-state index is 0.0113. The van der Waals surface area contributed by atoms with Crippen molar-refractivity contribution in [1.82, 2.24) is 112 Å². The van der Waals surface area contributed by atoms with Gasteiger partial charge in [-0.2, -0.15) is 13.2 Å². The lowest BCUT2D eigenvalue weighted by atomic mass is 9.87. The molecule has 7 N–H and O–H groups in total. The molecule has 674 valence electrons. The maximum absolute atomic E-state index is 13.5. The number of thiazole rings is 5. The van der Waals surface area contributed by atoms with Gasteiger partial charge in [-0.3, -0.25) is 24.0 Å². The SMILES string of the molecule is CNC(=O)c1nc2c(N3CC(C)c4ccccc43)ncnc2s1.CNC(=O)c1nc2c(N3CC(CCO)c4ccccc43)ncnc2s1.CNC(=O)c1nc2c(N3CCc4cc(C(F)(F)F)ccc43)ncnc2s1.CNCCCNC(=O)c1nc2c(N3CC(C)(C)c4ccccc43)ncnc2s1.O=C(NCCN1CCCC1)c1nc2c(N3CCc4cc(F)ccc43)ncnc2s1. The van der Waals surface area contributed by atoms with E-state index in [2.05, 4.69) is 189 Å². The Morgan fingerprint density at radius 3 is 1.34 bits per heavy atom. The first-order valence-corrected chi connectivity index (χ1v) is 46.5. The Bertz CT molecular complexity index is 6810. The first kappa shape index (κ1) is 89.9. The number of hydrogen-bond donors (Lipinski definition) is 7. The normalized spacial score (nSPS) is 15.6. The number of anilines is 10. The predicted molar refractivity (Wildman–Crippen MR) is 501 cm³/mol. The first-order valence-electron chi connectivity index (χ1n) is 42.4. The number of amides is 5. The van der Waals surface area contributed by atoms with E-state index >= 15 is 0 Å². The van der Waals surface area contributed by atoms with E-state index in [0.717, 1.165) is 126 Å². The largest absolute Gasteiger partial charge is 0.416 e. The Labute approximate surface area is 767 Å². The van der Waals surface area contributed by atoms with E-state index in [1.807, 2.05) is 47.2 Å². The van der Waals surface area contributed by atoms with Gasteiger partial charge in [-0.15, -0.1) is 0 Å². The number of nitrogens with zero attached hydrogens (tertiary/aromatic N) is 21. The third-order valence-corrected chi connectivity index (χ3v) is 27.9. The Balaban J connectivity index is 0.000000115. The van der Waals surface area contributed by atoms with Crippen LogP contribution in [0.4, 0.5) is 75.1 Å². The summed E-state index contributed by atoms with van der Waals surface area (Å²) in [7, 11) is 6.58. The molecule has 21 rings (SSSR count). The van der Waals surface area contributed by atoms with Crippen molar-refractivity contribution in [3.8, 4) is 0 Å². The highest BCUT2D eigenvalue weighted by atomic mass is 32.1. The van der Waals surface area contributed by atoms with Gasteiger partial charge in [0.2, 0.25) is 0 Å². The summed E-state index contributed by atoms with van der Waals surface area (Å²) in [6, 6.07) is 33.3.